The van der Waals surface area contributed by atoms with Crippen molar-refractivity contribution in [3.05, 3.63) is 0 Å². The Hall–Kier alpha value is 3.33. The predicted octanol–water partition coefficient (Wildman–Crippen LogP) is 31.2. The van der Waals surface area contributed by atoms with Crippen LogP contribution in [0.2, 0.25) is 0 Å². The predicted molar refractivity (Wildman–Crippen MR) is 448 cm³/mol. The minimum Gasteiger partial charge on any atom is -0.422 e. The van der Waals surface area contributed by atoms with Crippen molar-refractivity contribution in [3.63, 3.8) is 0 Å². The van der Waals surface area contributed by atoms with Crippen LogP contribution in [-0.4, -0.2) is 37.1 Å². The molecule has 0 aromatic carbocycles. The molecule has 0 aliphatic rings. The van der Waals surface area contributed by atoms with E-state index in [2.05, 4.69) is 27.7 Å². The average molecular weight is 1540 g/mol. The van der Waals surface area contributed by atoms with Crippen molar-refractivity contribution < 1.29 is 21.1 Å². The maximum absolute atomic E-state index is 4.88. The normalized spacial score (nSPS) is 10.8. The second-order valence-corrected chi connectivity index (χ2v) is 36.4. The molecular formula is C76H148MoS12. The first-order valence-corrected chi connectivity index (χ1v) is 45.6. The van der Waals surface area contributed by atoms with Crippen LogP contribution < -0.4 is 0 Å². The molecule has 0 radical (unpaired) electrons. The van der Waals surface area contributed by atoms with Gasteiger partial charge in [-0.05, 0) is 48.7 Å². The third-order valence-corrected chi connectivity index (χ3v) is 22.6. The number of hydrogen-bond acceptors (Lipinski definition) is 12. The van der Waals surface area contributed by atoms with Gasteiger partial charge >= 0.3 is 21.1 Å². The molecule has 0 nitrogen and oxygen atoms in total. The van der Waals surface area contributed by atoms with E-state index in [1.165, 1.54) is 411 Å². The summed E-state index contributed by atoms with van der Waals surface area (Å²) in [7, 11) is 0. The molecule has 0 N–H and O–H groups in total. The SMILES string of the molecule is CCCCCCCCCCCCCCCCCCSC(=S)[S-].CCCCCCCCCCCCCCCCCCSC(=S)[S-].CCCCCCCCCCCCCCCCCCSC(=S)[S-].CCCCCCCCCCCCCCCCCCSC(=S)[S-].[Mo+4]. The van der Waals surface area contributed by atoms with Gasteiger partial charge in [0.25, 0.3) is 0 Å². The molecule has 0 aromatic heterocycles. The molecule has 0 saturated carbocycles. The quantitative estimate of drug-likeness (QED) is 0.0247. The first-order chi connectivity index (χ1) is 43.1. The monoisotopic (exact) mass is 1540 g/mol. The van der Waals surface area contributed by atoms with Crippen LogP contribution in [0.5, 0.6) is 0 Å². The Kier molecular flexibility index (Phi) is 111. The van der Waals surface area contributed by atoms with Gasteiger partial charge in [-0.25, -0.2) is 0 Å². The number of hydrogen-bond donors (Lipinski definition) is 0. The maximum Gasteiger partial charge on any atom is 4.00 e. The molecule has 530 valence electrons. The Balaban J connectivity index is -0.000000351. The van der Waals surface area contributed by atoms with E-state index < -0.39 is 0 Å². The molecule has 89 heavy (non-hydrogen) atoms. The van der Waals surface area contributed by atoms with E-state index in [1.807, 2.05) is 0 Å². The Bertz CT molecular complexity index is 1110. The maximum atomic E-state index is 4.88. The number of unbranched alkanes of at least 4 members (excludes halogenated alkanes) is 60. The summed E-state index contributed by atoms with van der Waals surface area (Å²) in [5.41, 5.74) is 0. The van der Waals surface area contributed by atoms with E-state index in [4.69, 9.17) is 99.4 Å². The van der Waals surface area contributed by atoms with E-state index in [0.29, 0.717) is 14.1 Å². The van der Waals surface area contributed by atoms with Crippen LogP contribution >= 0.6 is 95.9 Å². The second-order valence-electron chi connectivity index (χ2n) is 25.6. The Morgan fingerprint density at radius 1 is 0.169 bits per heavy atom. The first-order valence-electron chi connectivity index (χ1n) is 38.4. The van der Waals surface area contributed by atoms with Crippen LogP contribution in [0.1, 0.15) is 439 Å². The van der Waals surface area contributed by atoms with Gasteiger partial charge in [-0.2, -0.15) is 0 Å². The molecule has 0 atom stereocenters. The summed E-state index contributed by atoms with van der Waals surface area (Å²) >= 11 is 45.7. The Labute approximate surface area is 636 Å². The molecule has 0 fully saturated rings. The summed E-state index contributed by atoms with van der Waals surface area (Å²) in [6.45, 7) is 9.16. The van der Waals surface area contributed by atoms with Crippen molar-refractivity contribution in [3.8, 4) is 0 Å². The minimum absolute atomic E-state index is 0. The summed E-state index contributed by atoms with van der Waals surface area (Å²) in [5.74, 6) is 4.50. The summed E-state index contributed by atoms with van der Waals surface area (Å²) < 4.78 is 2.73. The number of thiocarbonyl (C=S) groups is 4. The zero-order chi connectivity index (χ0) is 65.2. The van der Waals surface area contributed by atoms with E-state index in [9.17, 15) is 0 Å². The van der Waals surface area contributed by atoms with Crippen molar-refractivity contribution in [2.75, 3.05) is 23.0 Å². The molecule has 13 heteroatoms. The summed E-state index contributed by atoms with van der Waals surface area (Å²) in [6.07, 6.45) is 91.2. The largest absolute Gasteiger partial charge is 4.00 e. The van der Waals surface area contributed by atoms with Gasteiger partial charge in [0, 0.05) is 0 Å². The van der Waals surface area contributed by atoms with Crippen molar-refractivity contribution >= 4 is 161 Å². The van der Waals surface area contributed by atoms with Crippen LogP contribution in [-0.2, 0) is 71.6 Å². The van der Waals surface area contributed by atoms with Crippen molar-refractivity contribution in [1.82, 2.24) is 0 Å². The molecule has 0 aliphatic carbocycles. The molecular weight excluding hydrogens is 1390 g/mol. The molecule has 0 heterocycles. The van der Waals surface area contributed by atoms with Gasteiger partial charge in [-0.3, -0.25) is 0 Å². The molecule has 0 spiro atoms. The van der Waals surface area contributed by atoms with Gasteiger partial charge in [-0.1, -0.05) is 427 Å². The third-order valence-electron chi connectivity index (χ3n) is 16.9. The Morgan fingerprint density at radius 3 is 0.326 bits per heavy atom. The van der Waals surface area contributed by atoms with Gasteiger partial charge in [-0.15, -0.1) is 47.0 Å². The summed E-state index contributed by atoms with van der Waals surface area (Å²) in [5, 5.41) is 0. The standard InChI is InChI=1S/4C19H38S3.Mo/c4*1-2-3-4-5-6-7-8-9-10-11-12-13-14-15-16-17-18-22-19(20)21;/h4*2-18H2,1H3,(H,20,21);/q;;;;+4/p-4. The van der Waals surface area contributed by atoms with Crippen LogP contribution in [0.25, 0.3) is 0 Å². The van der Waals surface area contributed by atoms with Crippen molar-refractivity contribution in [1.29, 1.82) is 0 Å². The average Bonchev–Trinajstić information content (AvgIpc) is 3.50. The van der Waals surface area contributed by atoms with Crippen molar-refractivity contribution in [2.45, 2.75) is 439 Å². The zero-order valence-electron chi connectivity index (χ0n) is 59.4. The summed E-state index contributed by atoms with van der Waals surface area (Å²) in [4.78, 5) is 0. The van der Waals surface area contributed by atoms with Crippen LogP contribution in [0.15, 0.2) is 0 Å². The third kappa shape index (κ3) is 116. The van der Waals surface area contributed by atoms with E-state index in [0.717, 1.165) is 23.0 Å². The number of thioether (sulfide) groups is 4. The van der Waals surface area contributed by atoms with E-state index in [1.54, 1.807) is 47.0 Å². The first kappa shape index (κ1) is 101. The minimum atomic E-state index is 0. The van der Waals surface area contributed by atoms with Gasteiger partial charge in [0.15, 0.2) is 0 Å². The molecule has 0 aliphatic heterocycles. The molecule has 0 rings (SSSR count). The van der Waals surface area contributed by atoms with Gasteiger partial charge in [0.1, 0.15) is 0 Å². The van der Waals surface area contributed by atoms with Crippen LogP contribution in [0.3, 0.4) is 0 Å². The van der Waals surface area contributed by atoms with E-state index >= 15 is 0 Å². The fourth-order valence-corrected chi connectivity index (χ4v) is 15.3. The van der Waals surface area contributed by atoms with Gasteiger partial charge < -0.3 is 99.4 Å². The fourth-order valence-electron chi connectivity index (χ4n) is 11.2. The van der Waals surface area contributed by atoms with Crippen molar-refractivity contribution in [2.24, 2.45) is 0 Å². The van der Waals surface area contributed by atoms with Crippen LogP contribution in [0, 0.1) is 0 Å². The molecule has 0 saturated heterocycles. The second kappa shape index (κ2) is 97.7. The molecule has 0 aromatic rings. The van der Waals surface area contributed by atoms with Gasteiger partial charge in [0.2, 0.25) is 0 Å². The fraction of sp³-hybridized carbons (Fsp3) is 0.947. The Morgan fingerprint density at radius 2 is 0.247 bits per heavy atom. The number of rotatable bonds is 68. The zero-order valence-corrected chi connectivity index (χ0v) is 71.2. The van der Waals surface area contributed by atoms with E-state index in [-0.39, 0.29) is 21.1 Å². The van der Waals surface area contributed by atoms with Crippen LogP contribution in [0.4, 0.5) is 0 Å². The topological polar surface area (TPSA) is 0 Å². The molecule has 0 bridgehead atoms. The summed E-state index contributed by atoms with van der Waals surface area (Å²) in [6, 6.07) is 0. The molecule has 0 amide bonds. The van der Waals surface area contributed by atoms with Gasteiger partial charge in [0.05, 0.1) is 0 Å². The smallest absolute Gasteiger partial charge is 0.422 e. The molecule has 0 unspecified atom stereocenters.